The first-order chi connectivity index (χ1) is 10.1. The Bertz CT molecular complexity index is 548. The Balaban J connectivity index is 2.58. The van der Waals surface area contributed by atoms with Crippen LogP contribution >= 0.6 is 11.6 Å². The molecule has 0 aromatic heterocycles. The van der Waals surface area contributed by atoms with Crippen LogP contribution in [0.3, 0.4) is 0 Å². The number of hydrogen-bond acceptors (Lipinski definition) is 4. The maximum Gasteiger partial charge on any atom is 0.147 e. The molecule has 1 heterocycles. The van der Waals surface area contributed by atoms with Gasteiger partial charge in [0.1, 0.15) is 5.75 Å². The van der Waals surface area contributed by atoms with E-state index in [0.717, 1.165) is 35.7 Å². The van der Waals surface area contributed by atoms with E-state index < -0.39 is 0 Å². The molecule has 5 heteroatoms. The summed E-state index contributed by atoms with van der Waals surface area (Å²) in [5.74, 6) is 0.528. The van der Waals surface area contributed by atoms with Crippen molar-refractivity contribution in [2.24, 2.45) is 0 Å². The molecule has 2 rings (SSSR count). The van der Waals surface area contributed by atoms with Crippen molar-refractivity contribution in [1.82, 2.24) is 0 Å². The number of anilines is 1. The summed E-state index contributed by atoms with van der Waals surface area (Å²) in [6, 6.07) is 4.14. The summed E-state index contributed by atoms with van der Waals surface area (Å²) in [5, 5.41) is 9.94. The van der Waals surface area contributed by atoms with Crippen LogP contribution in [-0.2, 0) is 4.74 Å². The van der Waals surface area contributed by atoms with Crippen molar-refractivity contribution in [2.75, 3.05) is 37.8 Å². The quantitative estimate of drug-likeness (QED) is 0.854. The molecule has 1 atom stereocenters. The highest BCUT2D eigenvalue weighted by molar-refractivity contribution is 6.32. The first-order valence-corrected chi connectivity index (χ1v) is 7.66. The number of hydrogen-bond donors (Lipinski definition) is 0. The molecule has 1 fully saturated rings. The van der Waals surface area contributed by atoms with Gasteiger partial charge in [0.2, 0.25) is 0 Å². The summed E-state index contributed by atoms with van der Waals surface area (Å²) in [7, 11) is 0. The number of rotatable bonds is 4. The average Bonchev–Trinajstić information content (AvgIpc) is 2.51. The van der Waals surface area contributed by atoms with E-state index in [9.17, 15) is 5.26 Å². The largest absolute Gasteiger partial charge is 0.491 e. The molecular weight excluding hydrogens is 288 g/mol. The minimum absolute atomic E-state index is 0.260. The minimum atomic E-state index is -0.260. The van der Waals surface area contributed by atoms with Crippen molar-refractivity contribution in [3.05, 3.63) is 22.2 Å². The van der Waals surface area contributed by atoms with Crippen LogP contribution in [0.15, 0.2) is 6.07 Å². The summed E-state index contributed by atoms with van der Waals surface area (Å²) in [6.45, 7) is 9.38. The van der Waals surface area contributed by atoms with Gasteiger partial charge in [0, 0.05) is 23.7 Å². The number of nitrogens with zero attached hydrogens (tertiary/aromatic N) is 2. The van der Waals surface area contributed by atoms with E-state index in [0.29, 0.717) is 24.8 Å². The zero-order chi connectivity index (χ0) is 15.4. The molecule has 0 spiro atoms. The molecule has 21 heavy (non-hydrogen) atoms. The van der Waals surface area contributed by atoms with Crippen LogP contribution < -0.4 is 9.64 Å². The molecule has 1 aliphatic heterocycles. The number of nitriles is 1. The van der Waals surface area contributed by atoms with Crippen molar-refractivity contribution in [3.63, 3.8) is 0 Å². The van der Waals surface area contributed by atoms with Crippen LogP contribution in [0.1, 0.15) is 30.9 Å². The summed E-state index contributed by atoms with van der Waals surface area (Å²) in [4.78, 5) is 2.24. The fourth-order valence-electron chi connectivity index (χ4n) is 2.59. The molecule has 1 aromatic rings. The lowest BCUT2D eigenvalue weighted by molar-refractivity contribution is 0.122. The van der Waals surface area contributed by atoms with Crippen molar-refractivity contribution >= 4 is 17.3 Å². The Morgan fingerprint density at radius 3 is 2.71 bits per heavy atom. The van der Waals surface area contributed by atoms with Crippen LogP contribution in [0, 0.1) is 18.3 Å². The molecule has 0 amide bonds. The molecule has 0 aliphatic carbocycles. The molecule has 0 saturated carbocycles. The maximum absolute atomic E-state index is 9.26. The molecule has 1 unspecified atom stereocenters. The van der Waals surface area contributed by atoms with E-state index in [-0.39, 0.29) is 5.92 Å². The smallest absolute Gasteiger partial charge is 0.147 e. The maximum atomic E-state index is 9.26. The second-order valence-corrected chi connectivity index (χ2v) is 5.54. The molecule has 1 saturated heterocycles. The zero-order valence-corrected chi connectivity index (χ0v) is 13.5. The van der Waals surface area contributed by atoms with Crippen LogP contribution in [0.25, 0.3) is 0 Å². The zero-order valence-electron chi connectivity index (χ0n) is 12.8. The van der Waals surface area contributed by atoms with Crippen molar-refractivity contribution in [3.8, 4) is 11.8 Å². The third kappa shape index (κ3) is 3.25. The Morgan fingerprint density at radius 2 is 2.14 bits per heavy atom. The fraction of sp³-hybridized carbons (Fsp3) is 0.562. The molecule has 4 nitrogen and oxygen atoms in total. The lowest BCUT2D eigenvalue weighted by Crippen LogP contribution is -2.37. The topological polar surface area (TPSA) is 45.5 Å². The van der Waals surface area contributed by atoms with E-state index in [4.69, 9.17) is 21.1 Å². The monoisotopic (exact) mass is 308 g/mol. The second kappa shape index (κ2) is 7.02. The predicted octanol–water partition coefficient (Wildman–Crippen LogP) is 3.51. The average molecular weight is 309 g/mol. The standard InChI is InChI=1S/C16H21ClN2O2/c1-4-21-16-13(11(2)10-18)9-14(17)12(3)15(16)19-5-7-20-8-6-19/h9,11H,4-8H2,1-3H3. The number of benzene rings is 1. The molecule has 0 radical (unpaired) electrons. The lowest BCUT2D eigenvalue weighted by Gasteiger charge is -2.33. The fourth-order valence-corrected chi connectivity index (χ4v) is 2.79. The Labute approximate surface area is 131 Å². The normalized spacial score (nSPS) is 16.4. The van der Waals surface area contributed by atoms with E-state index in [1.165, 1.54) is 0 Å². The van der Waals surface area contributed by atoms with Crippen LogP contribution in [0.2, 0.25) is 5.02 Å². The van der Waals surface area contributed by atoms with Crippen LogP contribution in [-0.4, -0.2) is 32.9 Å². The van der Waals surface area contributed by atoms with Gasteiger partial charge in [-0.2, -0.15) is 5.26 Å². The highest BCUT2D eigenvalue weighted by atomic mass is 35.5. The van der Waals surface area contributed by atoms with Gasteiger partial charge in [0.05, 0.1) is 37.5 Å². The minimum Gasteiger partial charge on any atom is -0.491 e. The van der Waals surface area contributed by atoms with E-state index in [2.05, 4.69) is 11.0 Å². The SMILES string of the molecule is CCOc1c(C(C)C#N)cc(Cl)c(C)c1N1CCOCC1. The third-order valence-electron chi connectivity index (χ3n) is 3.75. The van der Waals surface area contributed by atoms with Gasteiger partial charge in [-0.15, -0.1) is 0 Å². The highest BCUT2D eigenvalue weighted by Crippen LogP contribution is 2.42. The summed E-state index contributed by atoms with van der Waals surface area (Å²) < 4.78 is 11.3. The van der Waals surface area contributed by atoms with E-state index in [1.54, 1.807) is 0 Å². The van der Waals surface area contributed by atoms with E-state index >= 15 is 0 Å². The van der Waals surface area contributed by atoms with Crippen molar-refractivity contribution < 1.29 is 9.47 Å². The van der Waals surface area contributed by atoms with Crippen LogP contribution in [0.4, 0.5) is 5.69 Å². The number of halogens is 1. The summed E-state index contributed by atoms with van der Waals surface area (Å²) in [6.07, 6.45) is 0. The van der Waals surface area contributed by atoms with Gasteiger partial charge in [-0.3, -0.25) is 0 Å². The van der Waals surface area contributed by atoms with Gasteiger partial charge in [0.15, 0.2) is 0 Å². The number of morpholine rings is 1. The first-order valence-electron chi connectivity index (χ1n) is 7.28. The number of ether oxygens (including phenoxy) is 2. The van der Waals surface area contributed by atoms with Gasteiger partial charge < -0.3 is 14.4 Å². The Kier molecular flexibility index (Phi) is 5.33. The summed E-state index contributed by atoms with van der Waals surface area (Å²) >= 11 is 6.39. The van der Waals surface area contributed by atoms with Crippen LogP contribution in [0.5, 0.6) is 5.75 Å². The highest BCUT2D eigenvalue weighted by Gasteiger charge is 2.24. The van der Waals surface area contributed by atoms with Gasteiger partial charge >= 0.3 is 0 Å². The van der Waals surface area contributed by atoms with Gasteiger partial charge in [-0.1, -0.05) is 11.6 Å². The second-order valence-electron chi connectivity index (χ2n) is 5.13. The first kappa shape index (κ1) is 15.9. The Morgan fingerprint density at radius 1 is 1.48 bits per heavy atom. The summed E-state index contributed by atoms with van der Waals surface area (Å²) in [5.41, 5.74) is 2.86. The lowest BCUT2D eigenvalue weighted by atomic mass is 9.97. The van der Waals surface area contributed by atoms with Crippen molar-refractivity contribution in [1.29, 1.82) is 5.26 Å². The van der Waals surface area contributed by atoms with Gasteiger partial charge in [0.25, 0.3) is 0 Å². The Hall–Kier alpha value is -1.44. The predicted molar refractivity (Wildman–Crippen MR) is 84.4 cm³/mol. The van der Waals surface area contributed by atoms with Crippen molar-refractivity contribution in [2.45, 2.75) is 26.7 Å². The molecule has 114 valence electrons. The molecule has 1 aromatic carbocycles. The van der Waals surface area contributed by atoms with Gasteiger partial charge in [-0.05, 0) is 32.4 Å². The van der Waals surface area contributed by atoms with E-state index in [1.807, 2.05) is 26.8 Å². The third-order valence-corrected chi connectivity index (χ3v) is 4.14. The molecule has 0 N–H and O–H groups in total. The molecule has 0 bridgehead atoms. The molecule has 1 aliphatic rings. The molecular formula is C16H21ClN2O2. The van der Waals surface area contributed by atoms with Gasteiger partial charge in [-0.25, -0.2) is 0 Å².